The highest BCUT2D eigenvalue weighted by molar-refractivity contribution is 9.10. The molecule has 2 aromatic rings. The average molecular weight is 404 g/mol. The monoisotopic (exact) mass is 403 g/mol. The van der Waals surface area contributed by atoms with Gasteiger partial charge in [-0.2, -0.15) is 0 Å². The highest BCUT2D eigenvalue weighted by atomic mass is 79.9. The third-order valence-electron chi connectivity index (χ3n) is 4.37. The van der Waals surface area contributed by atoms with Crippen LogP contribution in [0.4, 0.5) is 11.6 Å². The number of halogens is 1. The minimum absolute atomic E-state index is 0.163. The van der Waals surface area contributed by atoms with Crippen molar-refractivity contribution in [3.8, 4) is 0 Å². The zero-order chi connectivity index (χ0) is 18.0. The summed E-state index contributed by atoms with van der Waals surface area (Å²) in [6.45, 7) is 7.65. The van der Waals surface area contributed by atoms with Gasteiger partial charge in [-0.25, -0.2) is 9.97 Å². The number of hydrogen-bond acceptors (Lipinski definition) is 5. The number of carbonyl (C=O) groups excluding carboxylic acids is 1. The first kappa shape index (κ1) is 17.8. The van der Waals surface area contributed by atoms with Gasteiger partial charge >= 0.3 is 0 Å². The number of aryl methyl sites for hydroxylation is 2. The number of hydrogen-bond donors (Lipinski definition) is 1. The maximum Gasteiger partial charge on any atom is 0.255 e. The summed E-state index contributed by atoms with van der Waals surface area (Å²) in [6.07, 6.45) is 0. The Morgan fingerprint density at radius 1 is 1.12 bits per heavy atom. The molecule has 0 unspecified atom stereocenters. The van der Waals surface area contributed by atoms with Crippen LogP contribution in [0.5, 0.6) is 0 Å². The van der Waals surface area contributed by atoms with E-state index in [4.69, 9.17) is 0 Å². The van der Waals surface area contributed by atoms with E-state index < -0.39 is 0 Å². The Bertz CT molecular complexity index is 764. The number of benzene rings is 1. The second-order valence-corrected chi connectivity index (χ2v) is 7.24. The highest BCUT2D eigenvalue weighted by Crippen LogP contribution is 2.22. The van der Waals surface area contributed by atoms with Crippen molar-refractivity contribution in [2.24, 2.45) is 0 Å². The molecule has 0 atom stereocenters. The van der Waals surface area contributed by atoms with Crippen molar-refractivity contribution < 1.29 is 4.79 Å². The van der Waals surface area contributed by atoms with E-state index in [-0.39, 0.29) is 5.91 Å². The summed E-state index contributed by atoms with van der Waals surface area (Å²) in [7, 11) is 2.12. The van der Waals surface area contributed by atoms with Gasteiger partial charge in [-0.1, -0.05) is 22.0 Å². The van der Waals surface area contributed by atoms with Crippen LogP contribution in [0, 0.1) is 13.8 Å². The van der Waals surface area contributed by atoms with Gasteiger partial charge < -0.3 is 15.1 Å². The van der Waals surface area contributed by atoms with Crippen LogP contribution in [-0.4, -0.2) is 54.0 Å². The van der Waals surface area contributed by atoms with Crippen LogP contribution in [0.1, 0.15) is 21.7 Å². The first-order valence-corrected chi connectivity index (χ1v) is 9.09. The fourth-order valence-electron chi connectivity index (χ4n) is 2.84. The number of anilines is 2. The Morgan fingerprint density at radius 3 is 2.36 bits per heavy atom. The lowest BCUT2D eigenvalue weighted by Crippen LogP contribution is -2.45. The van der Waals surface area contributed by atoms with Crippen molar-refractivity contribution in [2.45, 2.75) is 13.8 Å². The maximum absolute atomic E-state index is 12.5. The first-order valence-electron chi connectivity index (χ1n) is 8.29. The molecular weight excluding hydrogens is 382 g/mol. The van der Waals surface area contributed by atoms with E-state index >= 15 is 0 Å². The van der Waals surface area contributed by atoms with Crippen molar-refractivity contribution in [3.63, 3.8) is 0 Å². The van der Waals surface area contributed by atoms with Crippen LogP contribution < -0.4 is 10.2 Å². The zero-order valence-electron chi connectivity index (χ0n) is 14.7. The molecule has 1 aliphatic rings. The maximum atomic E-state index is 12.5. The molecule has 25 heavy (non-hydrogen) atoms. The largest absolute Gasteiger partial charge is 0.338 e. The van der Waals surface area contributed by atoms with E-state index in [0.29, 0.717) is 11.3 Å². The summed E-state index contributed by atoms with van der Waals surface area (Å²) in [5.74, 6) is 0.576. The highest BCUT2D eigenvalue weighted by Gasteiger charge is 2.19. The molecule has 0 spiro atoms. The van der Waals surface area contributed by atoms with E-state index in [2.05, 4.69) is 48.1 Å². The minimum atomic E-state index is -0.163. The summed E-state index contributed by atoms with van der Waals surface area (Å²) in [4.78, 5) is 26.2. The van der Waals surface area contributed by atoms with E-state index in [0.717, 1.165) is 48.0 Å². The van der Waals surface area contributed by atoms with Crippen LogP contribution >= 0.6 is 15.9 Å². The lowest BCUT2D eigenvalue weighted by atomic mass is 10.2. The van der Waals surface area contributed by atoms with Crippen LogP contribution in [0.3, 0.4) is 0 Å². The van der Waals surface area contributed by atoms with Crippen molar-refractivity contribution in [1.29, 1.82) is 0 Å². The first-order chi connectivity index (χ1) is 11.9. The molecular formula is C18H22BrN5O. The lowest BCUT2D eigenvalue weighted by Gasteiger charge is -2.32. The summed E-state index contributed by atoms with van der Waals surface area (Å²) >= 11 is 3.39. The van der Waals surface area contributed by atoms with Gasteiger partial charge in [0.1, 0.15) is 0 Å². The normalized spacial score (nSPS) is 15.3. The molecule has 1 aromatic carbocycles. The molecule has 1 saturated heterocycles. The molecule has 1 aliphatic heterocycles. The number of piperazine rings is 1. The number of rotatable bonds is 3. The van der Waals surface area contributed by atoms with Gasteiger partial charge in [-0.15, -0.1) is 0 Å². The Balaban J connectivity index is 1.79. The average Bonchev–Trinajstić information content (AvgIpc) is 2.58. The van der Waals surface area contributed by atoms with Gasteiger partial charge in [0.2, 0.25) is 5.95 Å². The Labute approximate surface area is 156 Å². The van der Waals surface area contributed by atoms with E-state index in [1.165, 1.54) is 0 Å². The Kier molecular flexibility index (Phi) is 5.34. The molecule has 132 valence electrons. The Morgan fingerprint density at radius 2 is 1.76 bits per heavy atom. The van der Waals surface area contributed by atoms with E-state index in [9.17, 15) is 4.79 Å². The molecule has 0 aliphatic carbocycles. The third kappa shape index (κ3) is 4.16. The quantitative estimate of drug-likeness (QED) is 0.853. The van der Waals surface area contributed by atoms with Gasteiger partial charge in [0.05, 0.1) is 17.1 Å². The third-order valence-corrected chi connectivity index (χ3v) is 4.86. The summed E-state index contributed by atoms with van der Waals surface area (Å²) in [5, 5.41) is 2.95. The van der Waals surface area contributed by atoms with E-state index in [1.807, 2.05) is 26.0 Å². The van der Waals surface area contributed by atoms with Crippen LogP contribution in [-0.2, 0) is 0 Å². The predicted octanol–water partition coefficient (Wildman–Crippen LogP) is 2.86. The van der Waals surface area contributed by atoms with Crippen molar-refractivity contribution in [3.05, 3.63) is 45.7 Å². The number of aromatic nitrogens is 2. The van der Waals surface area contributed by atoms with Crippen molar-refractivity contribution in [1.82, 2.24) is 14.9 Å². The second kappa shape index (κ2) is 7.49. The van der Waals surface area contributed by atoms with Gasteiger partial charge in [-0.05, 0) is 39.1 Å². The second-order valence-electron chi connectivity index (χ2n) is 6.32. The standard InChI is InChI=1S/C18H22BrN5O/c1-12-16(22-17(25)14-5-4-6-15(19)11-14)13(2)21-18(20-12)24-9-7-23(3)8-10-24/h4-6,11H,7-10H2,1-3H3,(H,22,25). The van der Waals surface area contributed by atoms with E-state index in [1.54, 1.807) is 12.1 Å². The van der Waals surface area contributed by atoms with Crippen LogP contribution in [0.25, 0.3) is 0 Å². The van der Waals surface area contributed by atoms with Gasteiger partial charge in [0.15, 0.2) is 0 Å². The summed E-state index contributed by atoms with van der Waals surface area (Å²) in [6, 6.07) is 7.30. The minimum Gasteiger partial charge on any atom is -0.338 e. The predicted molar refractivity (Wildman–Crippen MR) is 103 cm³/mol. The number of nitrogens with zero attached hydrogens (tertiary/aromatic N) is 4. The number of nitrogens with one attached hydrogen (secondary N) is 1. The smallest absolute Gasteiger partial charge is 0.255 e. The van der Waals surface area contributed by atoms with Gasteiger partial charge in [0.25, 0.3) is 5.91 Å². The Hall–Kier alpha value is -1.99. The molecule has 0 saturated carbocycles. The summed E-state index contributed by atoms with van der Waals surface area (Å²) in [5.41, 5.74) is 2.84. The molecule has 1 amide bonds. The summed E-state index contributed by atoms with van der Waals surface area (Å²) < 4.78 is 0.871. The van der Waals surface area contributed by atoms with Crippen molar-refractivity contribution >= 4 is 33.5 Å². The van der Waals surface area contributed by atoms with Crippen molar-refractivity contribution in [2.75, 3.05) is 43.4 Å². The number of likely N-dealkylation sites (N-methyl/N-ethyl adjacent to an activating group) is 1. The fraction of sp³-hybridized carbons (Fsp3) is 0.389. The molecule has 3 rings (SSSR count). The van der Waals surface area contributed by atoms with Gasteiger partial charge in [-0.3, -0.25) is 4.79 Å². The molecule has 1 N–H and O–H groups in total. The number of carbonyl (C=O) groups is 1. The van der Waals surface area contributed by atoms with Crippen LogP contribution in [0.15, 0.2) is 28.7 Å². The SMILES string of the molecule is Cc1nc(N2CCN(C)CC2)nc(C)c1NC(=O)c1cccc(Br)c1. The van der Waals surface area contributed by atoms with Crippen LogP contribution in [0.2, 0.25) is 0 Å². The lowest BCUT2D eigenvalue weighted by molar-refractivity contribution is 0.102. The molecule has 0 radical (unpaired) electrons. The molecule has 1 fully saturated rings. The topological polar surface area (TPSA) is 61.4 Å². The fourth-order valence-corrected chi connectivity index (χ4v) is 3.24. The van der Waals surface area contributed by atoms with Gasteiger partial charge in [0, 0.05) is 36.2 Å². The zero-order valence-corrected chi connectivity index (χ0v) is 16.3. The molecule has 2 heterocycles. The number of amides is 1. The molecule has 1 aromatic heterocycles. The molecule has 6 nitrogen and oxygen atoms in total. The molecule has 0 bridgehead atoms. The molecule has 7 heteroatoms.